The molecular weight excluding hydrogens is 228 g/mol. The molecule has 1 saturated heterocycles. The van der Waals surface area contributed by atoms with E-state index in [1.807, 2.05) is 29.2 Å². The van der Waals surface area contributed by atoms with E-state index in [2.05, 4.69) is 17.4 Å². The number of para-hydroxylation sites is 1. The first-order chi connectivity index (χ1) is 8.72. The van der Waals surface area contributed by atoms with Crippen molar-refractivity contribution in [2.24, 2.45) is 5.84 Å². The quantitative estimate of drug-likeness (QED) is 0.599. The maximum absolute atomic E-state index is 12.5. The standard InChI is InChI=1S/C13H20N4O/c1-16-7-4-8-17(10-9-16)13(18)11-5-2-3-6-12(11)15-14/h2-3,5-6,15H,4,7-10,14H2,1H3. The molecule has 2 rings (SSSR count). The average molecular weight is 248 g/mol. The van der Waals surface area contributed by atoms with Crippen molar-refractivity contribution in [3.63, 3.8) is 0 Å². The highest BCUT2D eigenvalue weighted by atomic mass is 16.2. The number of hydrogen-bond acceptors (Lipinski definition) is 4. The normalized spacial score (nSPS) is 17.3. The predicted molar refractivity (Wildman–Crippen MR) is 72.3 cm³/mol. The number of nitrogens with zero attached hydrogens (tertiary/aromatic N) is 2. The van der Waals surface area contributed by atoms with Crippen LogP contribution in [0.15, 0.2) is 24.3 Å². The number of hydrazine groups is 1. The van der Waals surface area contributed by atoms with Crippen molar-refractivity contribution in [2.75, 3.05) is 38.7 Å². The van der Waals surface area contributed by atoms with Gasteiger partial charge in [-0.25, -0.2) is 0 Å². The zero-order chi connectivity index (χ0) is 13.0. The van der Waals surface area contributed by atoms with Crippen LogP contribution >= 0.6 is 0 Å². The summed E-state index contributed by atoms with van der Waals surface area (Å²) in [6.45, 7) is 3.54. The highest BCUT2D eigenvalue weighted by Gasteiger charge is 2.20. The van der Waals surface area contributed by atoms with E-state index in [1.54, 1.807) is 0 Å². The molecule has 98 valence electrons. The van der Waals surface area contributed by atoms with Gasteiger partial charge in [-0.05, 0) is 32.1 Å². The number of carbonyl (C=O) groups is 1. The Hall–Kier alpha value is -1.59. The molecule has 1 amide bonds. The molecule has 5 nitrogen and oxygen atoms in total. The van der Waals surface area contributed by atoms with E-state index >= 15 is 0 Å². The van der Waals surface area contributed by atoms with Crippen molar-refractivity contribution in [1.82, 2.24) is 9.80 Å². The van der Waals surface area contributed by atoms with Gasteiger partial charge in [0.2, 0.25) is 0 Å². The third-order valence-electron chi connectivity index (χ3n) is 3.32. The topological polar surface area (TPSA) is 61.6 Å². The lowest BCUT2D eigenvalue weighted by atomic mass is 10.1. The molecule has 0 aliphatic carbocycles. The Kier molecular flexibility index (Phi) is 4.17. The fraction of sp³-hybridized carbons (Fsp3) is 0.462. The summed E-state index contributed by atoms with van der Waals surface area (Å²) in [5.41, 5.74) is 3.91. The monoisotopic (exact) mass is 248 g/mol. The molecule has 1 aliphatic rings. The third-order valence-corrected chi connectivity index (χ3v) is 3.32. The van der Waals surface area contributed by atoms with E-state index in [4.69, 9.17) is 5.84 Å². The van der Waals surface area contributed by atoms with Gasteiger partial charge in [0.25, 0.3) is 5.91 Å². The first kappa shape index (κ1) is 12.9. The maximum atomic E-state index is 12.5. The second-order valence-electron chi connectivity index (χ2n) is 4.64. The summed E-state index contributed by atoms with van der Waals surface area (Å²) >= 11 is 0. The molecule has 0 atom stereocenters. The van der Waals surface area contributed by atoms with Gasteiger partial charge in [0.15, 0.2) is 0 Å². The van der Waals surface area contributed by atoms with Gasteiger partial charge in [0, 0.05) is 19.6 Å². The molecule has 5 heteroatoms. The van der Waals surface area contributed by atoms with Crippen LogP contribution in [0.25, 0.3) is 0 Å². The minimum atomic E-state index is 0.0545. The van der Waals surface area contributed by atoms with Crippen molar-refractivity contribution >= 4 is 11.6 Å². The Morgan fingerprint density at radius 3 is 2.78 bits per heavy atom. The van der Waals surface area contributed by atoms with Gasteiger partial charge >= 0.3 is 0 Å². The van der Waals surface area contributed by atoms with Gasteiger partial charge < -0.3 is 15.2 Å². The van der Waals surface area contributed by atoms with Gasteiger partial charge in [-0.2, -0.15) is 0 Å². The molecule has 3 N–H and O–H groups in total. The first-order valence-corrected chi connectivity index (χ1v) is 6.26. The number of benzene rings is 1. The molecule has 1 aliphatic heterocycles. The van der Waals surface area contributed by atoms with Crippen molar-refractivity contribution in [3.8, 4) is 0 Å². The van der Waals surface area contributed by atoms with Gasteiger partial charge in [-0.3, -0.25) is 10.6 Å². The van der Waals surface area contributed by atoms with Gasteiger partial charge in [-0.1, -0.05) is 12.1 Å². The number of anilines is 1. The Bertz CT molecular complexity index is 421. The third kappa shape index (κ3) is 2.80. The fourth-order valence-electron chi connectivity index (χ4n) is 2.22. The highest BCUT2D eigenvalue weighted by Crippen LogP contribution is 2.17. The Morgan fingerprint density at radius 1 is 1.22 bits per heavy atom. The molecule has 1 heterocycles. The molecule has 1 aromatic rings. The fourth-order valence-corrected chi connectivity index (χ4v) is 2.22. The van der Waals surface area contributed by atoms with Crippen molar-refractivity contribution in [2.45, 2.75) is 6.42 Å². The molecular formula is C13H20N4O. The van der Waals surface area contributed by atoms with Crippen molar-refractivity contribution in [1.29, 1.82) is 0 Å². The maximum Gasteiger partial charge on any atom is 0.256 e. The minimum Gasteiger partial charge on any atom is -0.337 e. The lowest BCUT2D eigenvalue weighted by molar-refractivity contribution is 0.0764. The Morgan fingerprint density at radius 2 is 2.00 bits per heavy atom. The van der Waals surface area contributed by atoms with Crippen LogP contribution in [0.1, 0.15) is 16.8 Å². The molecule has 0 saturated carbocycles. The summed E-state index contributed by atoms with van der Waals surface area (Å²) in [6.07, 6.45) is 1.01. The van der Waals surface area contributed by atoms with E-state index in [9.17, 15) is 4.79 Å². The number of rotatable bonds is 2. The lowest BCUT2D eigenvalue weighted by Gasteiger charge is -2.21. The zero-order valence-electron chi connectivity index (χ0n) is 10.7. The van der Waals surface area contributed by atoms with E-state index < -0.39 is 0 Å². The summed E-state index contributed by atoms with van der Waals surface area (Å²) in [5, 5.41) is 0. The molecule has 0 spiro atoms. The predicted octanol–water partition coefficient (Wildman–Crippen LogP) is 0.750. The zero-order valence-corrected chi connectivity index (χ0v) is 10.7. The molecule has 18 heavy (non-hydrogen) atoms. The summed E-state index contributed by atoms with van der Waals surface area (Å²) < 4.78 is 0. The Balaban J connectivity index is 2.15. The largest absolute Gasteiger partial charge is 0.337 e. The summed E-state index contributed by atoms with van der Waals surface area (Å²) in [6, 6.07) is 7.35. The van der Waals surface area contributed by atoms with Crippen LogP contribution in [-0.4, -0.2) is 48.9 Å². The molecule has 0 bridgehead atoms. The van der Waals surface area contributed by atoms with Crippen LogP contribution in [0, 0.1) is 0 Å². The van der Waals surface area contributed by atoms with Crippen LogP contribution in [0.3, 0.4) is 0 Å². The number of amides is 1. The summed E-state index contributed by atoms with van der Waals surface area (Å²) in [5.74, 6) is 5.50. The van der Waals surface area contributed by atoms with E-state index in [0.29, 0.717) is 11.3 Å². The van der Waals surface area contributed by atoms with Gasteiger partial charge in [-0.15, -0.1) is 0 Å². The summed E-state index contributed by atoms with van der Waals surface area (Å²) in [7, 11) is 2.09. The number of likely N-dealkylation sites (N-methyl/N-ethyl adjacent to an activating group) is 1. The lowest BCUT2D eigenvalue weighted by Crippen LogP contribution is -2.35. The molecule has 1 aromatic carbocycles. The van der Waals surface area contributed by atoms with E-state index in [-0.39, 0.29) is 5.91 Å². The smallest absolute Gasteiger partial charge is 0.256 e. The van der Waals surface area contributed by atoms with Crippen molar-refractivity contribution in [3.05, 3.63) is 29.8 Å². The van der Waals surface area contributed by atoms with Gasteiger partial charge in [0.05, 0.1) is 11.3 Å². The van der Waals surface area contributed by atoms with E-state index in [1.165, 1.54) is 0 Å². The number of carbonyl (C=O) groups excluding carboxylic acids is 1. The van der Waals surface area contributed by atoms with Crippen LogP contribution in [0.5, 0.6) is 0 Å². The van der Waals surface area contributed by atoms with Crippen LogP contribution in [0.4, 0.5) is 5.69 Å². The van der Waals surface area contributed by atoms with Gasteiger partial charge in [0.1, 0.15) is 0 Å². The summed E-state index contributed by atoms with van der Waals surface area (Å²) in [4.78, 5) is 16.6. The van der Waals surface area contributed by atoms with Crippen LogP contribution < -0.4 is 11.3 Å². The molecule has 1 fully saturated rings. The first-order valence-electron chi connectivity index (χ1n) is 6.26. The number of nitrogen functional groups attached to an aromatic ring is 1. The number of nitrogens with two attached hydrogens (primary N) is 1. The SMILES string of the molecule is CN1CCCN(C(=O)c2ccccc2NN)CC1. The number of hydrogen-bond donors (Lipinski definition) is 2. The minimum absolute atomic E-state index is 0.0545. The molecule has 0 unspecified atom stereocenters. The molecule has 0 aromatic heterocycles. The average Bonchev–Trinajstić information content (AvgIpc) is 2.62. The second kappa shape index (κ2) is 5.84. The van der Waals surface area contributed by atoms with Crippen molar-refractivity contribution < 1.29 is 4.79 Å². The van der Waals surface area contributed by atoms with Crippen LogP contribution in [0.2, 0.25) is 0 Å². The molecule has 0 radical (unpaired) electrons. The highest BCUT2D eigenvalue weighted by molar-refractivity contribution is 5.99. The second-order valence-corrected chi connectivity index (χ2v) is 4.64. The van der Waals surface area contributed by atoms with E-state index in [0.717, 1.165) is 32.6 Å². The van der Waals surface area contributed by atoms with Crippen LogP contribution in [-0.2, 0) is 0 Å². The number of nitrogens with one attached hydrogen (secondary N) is 1. The Labute approximate surface area is 108 Å².